The summed E-state index contributed by atoms with van der Waals surface area (Å²) in [5.41, 5.74) is 0.851. The third-order valence-electron chi connectivity index (χ3n) is 6.51. The second-order valence-corrected chi connectivity index (χ2v) is 11.6. The molecule has 2 amide bonds. The largest absolute Gasteiger partial charge is 0.492 e. The van der Waals surface area contributed by atoms with Gasteiger partial charge in [0.2, 0.25) is 11.8 Å². The van der Waals surface area contributed by atoms with E-state index in [2.05, 4.69) is 5.32 Å². The van der Waals surface area contributed by atoms with Crippen molar-refractivity contribution in [3.63, 3.8) is 0 Å². The zero-order valence-electron chi connectivity index (χ0n) is 23.2. The molecule has 1 N–H and O–H groups in total. The molecule has 0 fully saturated rings. The number of nitrogens with one attached hydrogen (secondary N) is 1. The second-order valence-electron chi connectivity index (χ2n) is 9.33. The van der Waals surface area contributed by atoms with Crippen molar-refractivity contribution in [3.8, 4) is 5.75 Å². The first kappa shape index (κ1) is 31.0. The predicted molar refractivity (Wildman–Crippen MR) is 158 cm³/mol. The molecule has 2 atom stereocenters. The van der Waals surface area contributed by atoms with Gasteiger partial charge in [-0.1, -0.05) is 67.1 Å². The summed E-state index contributed by atoms with van der Waals surface area (Å²) in [6, 6.07) is 20.6. The molecular weight excluding hydrogens is 550 g/mol. The monoisotopic (exact) mass is 585 g/mol. The van der Waals surface area contributed by atoms with Gasteiger partial charge in [-0.15, -0.1) is 0 Å². The highest BCUT2D eigenvalue weighted by molar-refractivity contribution is 7.92. The molecule has 0 saturated carbocycles. The molecule has 0 radical (unpaired) electrons. The lowest BCUT2D eigenvalue weighted by atomic mass is 10.1. The summed E-state index contributed by atoms with van der Waals surface area (Å²) < 4.78 is 34.7. The van der Waals surface area contributed by atoms with Crippen LogP contribution in [0.2, 0.25) is 5.02 Å². The number of anilines is 1. The Balaban J connectivity index is 2.07. The smallest absolute Gasteiger partial charge is 0.264 e. The molecule has 0 aromatic heterocycles. The van der Waals surface area contributed by atoms with Crippen molar-refractivity contribution in [2.45, 2.75) is 57.6 Å². The van der Waals surface area contributed by atoms with E-state index in [1.807, 2.05) is 13.8 Å². The average Bonchev–Trinajstić information content (AvgIpc) is 2.96. The minimum atomic E-state index is -4.19. The van der Waals surface area contributed by atoms with E-state index >= 15 is 0 Å². The van der Waals surface area contributed by atoms with Crippen molar-refractivity contribution in [1.82, 2.24) is 10.2 Å². The summed E-state index contributed by atoms with van der Waals surface area (Å²) >= 11 is 6.41. The maximum absolute atomic E-state index is 14.0. The van der Waals surface area contributed by atoms with Crippen molar-refractivity contribution >= 4 is 39.1 Å². The molecule has 3 aromatic rings. The molecule has 0 aliphatic carbocycles. The summed E-state index contributed by atoms with van der Waals surface area (Å²) in [6.45, 7) is 6.99. The molecule has 0 spiro atoms. The highest BCUT2D eigenvalue weighted by atomic mass is 35.5. The van der Waals surface area contributed by atoms with Gasteiger partial charge in [0.15, 0.2) is 0 Å². The number of amides is 2. The maximum Gasteiger partial charge on any atom is 0.264 e. The summed E-state index contributed by atoms with van der Waals surface area (Å²) in [5.74, 6) is -0.600. The Hall–Kier alpha value is -3.56. The lowest BCUT2D eigenvalue weighted by molar-refractivity contribution is -0.139. The number of hydrogen-bond donors (Lipinski definition) is 1. The Morgan fingerprint density at radius 1 is 0.925 bits per heavy atom. The summed E-state index contributed by atoms with van der Waals surface area (Å²) in [7, 11) is -4.19. The van der Waals surface area contributed by atoms with E-state index < -0.39 is 28.5 Å². The van der Waals surface area contributed by atoms with Crippen LogP contribution in [0.1, 0.15) is 39.7 Å². The average molecular weight is 586 g/mol. The molecule has 10 heteroatoms. The molecule has 40 heavy (non-hydrogen) atoms. The SMILES string of the molecule is CCOc1ccccc1N(CC(=O)N(Cc1ccccc1Cl)[C@@H](C)C(=O)N[C@@H](C)CC)S(=O)(=O)c1ccccc1. The Labute approximate surface area is 241 Å². The Bertz CT molecular complexity index is 1400. The van der Waals surface area contributed by atoms with Crippen LogP contribution in [0.3, 0.4) is 0 Å². The standard InChI is InChI=1S/C30H36ClN3O5S/c1-5-22(3)32-30(36)23(4)33(20-24-14-10-11-17-26(24)31)29(35)21-34(27-18-12-13-19-28(27)39-6-2)40(37,38)25-15-8-7-9-16-25/h7-19,22-23H,5-6,20-21H2,1-4H3,(H,32,36)/t22-,23-/m0/s1. The van der Waals surface area contributed by atoms with Gasteiger partial charge in [-0.3, -0.25) is 13.9 Å². The summed E-state index contributed by atoms with van der Waals surface area (Å²) in [6.07, 6.45) is 0.716. The van der Waals surface area contributed by atoms with Crippen LogP contribution in [0.15, 0.2) is 83.8 Å². The van der Waals surface area contributed by atoms with Crippen molar-refractivity contribution in [1.29, 1.82) is 0 Å². The van der Waals surface area contributed by atoms with Crippen molar-refractivity contribution in [3.05, 3.63) is 89.4 Å². The third-order valence-corrected chi connectivity index (χ3v) is 8.65. The van der Waals surface area contributed by atoms with E-state index in [1.54, 1.807) is 80.6 Å². The van der Waals surface area contributed by atoms with E-state index in [-0.39, 0.29) is 29.1 Å². The Morgan fingerprint density at radius 2 is 1.55 bits per heavy atom. The number of nitrogens with zero attached hydrogens (tertiary/aromatic N) is 2. The summed E-state index contributed by atoms with van der Waals surface area (Å²) in [5, 5.41) is 3.35. The molecule has 0 heterocycles. The van der Waals surface area contributed by atoms with Gasteiger partial charge in [-0.05, 0) is 63.1 Å². The van der Waals surface area contributed by atoms with Crippen LogP contribution in [0, 0.1) is 0 Å². The van der Waals surface area contributed by atoms with Crippen LogP contribution in [-0.2, 0) is 26.2 Å². The van der Waals surface area contributed by atoms with Gasteiger partial charge < -0.3 is 15.0 Å². The lowest BCUT2D eigenvalue weighted by Gasteiger charge is -2.33. The quantitative estimate of drug-likeness (QED) is 0.295. The van der Waals surface area contributed by atoms with Gasteiger partial charge >= 0.3 is 0 Å². The van der Waals surface area contributed by atoms with Gasteiger partial charge in [0.1, 0.15) is 18.3 Å². The number of benzene rings is 3. The first-order chi connectivity index (χ1) is 19.1. The van der Waals surface area contributed by atoms with Gasteiger partial charge in [0.05, 0.1) is 17.2 Å². The molecule has 0 bridgehead atoms. The molecular formula is C30H36ClN3O5S. The van der Waals surface area contributed by atoms with E-state index in [0.717, 1.165) is 4.31 Å². The van der Waals surface area contributed by atoms with E-state index in [0.29, 0.717) is 29.4 Å². The van der Waals surface area contributed by atoms with Gasteiger partial charge in [-0.2, -0.15) is 0 Å². The van der Waals surface area contributed by atoms with Gasteiger partial charge in [-0.25, -0.2) is 8.42 Å². The fourth-order valence-electron chi connectivity index (χ4n) is 4.03. The molecule has 0 unspecified atom stereocenters. The maximum atomic E-state index is 14.0. The van der Waals surface area contributed by atoms with Crippen molar-refractivity contribution < 1.29 is 22.7 Å². The number of para-hydroxylation sites is 2. The number of carbonyl (C=O) groups excluding carboxylic acids is 2. The van der Waals surface area contributed by atoms with E-state index in [9.17, 15) is 18.0 Å². The molecule has 0 saturated heterocycles. The van der Waals surface area contributed by atoms with Gasteiger partial charge in [0.25, 0.3) is 10.0 Å². The zero-order valence-corrected chi connectivity index (χ0v) is 24.8. The van der Waals surface area contributed by atoms with Crippen LogP contribution >= 0.6 is 11.6 Å². The summed E-state index contributed by atoms with van der Waals surface area (Å²) in [4.78, 5) is 28.6. The number of carbonyl (C=O) groups is 2. The minimum absolute atomic E-state index is 0.0138. The second kappa shape index (κ2) is 14.2. The first-order valence-corrected chi connectivity index (χ1v) is 15.0. The number of halogens is 1. The minimum Gasteiger partial charge on any atom is -0.492 e. The van der Waals surface area contributed by atoms with Crippen LogP contribution in [0.4, 0.5) is 5.69 Å². The Kier molecular flexibility index (Phi) is 11.0. The number of hydrogen-bond acceptors (Lipinski definition) is 5. The fraction of sp³-hybridized carbons (Fsp3) is 0.333. The van der Waals surface area contributed by atoms with Crippen LogP contribution < -0.4 is 14.4 Å². The normalized spacial score (nSPS) is 12.7. The molecule has 214 valence electrons. The molecule has 3 rings (SSSR count). The van der Waals surface area contributed by atoms with E-state index in [4.69, 9.17) is 16.3 Å². The van der Waals surface area contributed by atoms with Gasteiger partial charge in [0, 0.05) is 17.6 Å². The molecule has 3 aromatic carbocycles. The lowest BCUT2D eigenvalue weighted by Crippen LogP contribution is -2.52. The molecule has 0 aliphatic heterocycles. The van der Waals surface area contributed by atoms with Crippen molar-refractivity contribution in [2.75, 3.05) is 17.5 Å². The van der Waals surface area contributed by atoms with Crippen LogP contribution in [-0.4, -0.2) is 50.4 Å². The van der Waals surface area contributed by atoms with Crippen LogP contribution in [0.5, 0.6) is 5.75 Å². The number of sulfonamides is 1. The van der Waals surface area contributed by atoms with Crippen molar-refractivity contribution in [2.24, 2.45) is 0 Å². The predicted octanol–water partition coefficient (Wildman–Crippen LogP) is 5.27. The topological polar surface area (TPSA) is 96.0 Å². The zero-order chi connectivity index (χ0) is 29.3. The highest BCUT2D eigenvalue weighted by Crippen LogP contribution is 2.33. The Morgan fingerprint density at radius 3 is 2.20 bits per heavy atom. The van der Waals surface area contributed by atoms with E-state index in [1.165, 1.54) is 17.0 Å². The number of rotatable bonds is 13. The van der Waals surface area contributed by atoms with Crippen LogP contribution in [0.25, 0.3) is 0 Å². The number of ether oxygens (including phenoxy) is 1. The molecule has 8 nitrogen and oxygen atoms in total. The third kappa shape index (κ3) is 7.55. The first-order valence-electron chi connectivity index (χ1n) is 13.2. The fourth-order valence-corrected chi connectivity index (χ4v) is 5.67. The highest BCUT2D eigenvalue weighted by Gasteiger charge is 2.34. The molecule has 0 aliphatic rings.